The molecule has 1 unspecified atom stereocenters. The molecule has 130 valence electrons. The fourth-order valence-corrected chi connectivity index (χ4v) is 2.87. The van der Waals surface area contributed by atoms with E-state index in [1.165, 1.54) is 16.7 Å². The fourth-order valence-electron chi connectivity index (χ4n) is 2.87. The maximum absolute atomic E-state index is 6.04. The van der Waals surface area contributed by atoms with Gasteiger partial charge >= 0.3 is 0 Å². The van der Waals surface area contributed by atoms with Crippen molar-refractivity contribution >= 4 is 0 Å². The second-order valence-corrected chi connectivity index (χ2v) is 7.20. The summed E-state index contributed by atoms with van der Waals surface area (Å²) in [5.74, 6) is 1.74. The summed E-state index contributed by atoms with van der Waals surface area (Å²) in [5, 5.41) is 0. The lowest BCUT2D eigenvalue weighted by Gasteiger charge is -2.21. The summed E-state index contributed by atoms with van der Waals surface area (Å²) in [5.41, 5.74) is 10.0. The van der Waals surface area contributed by atoms with E-state index >= 15 is 0 Å². The second kappa shape index (κ2) is 7.71. The fraction of sp³-hybridized carbons (Fsp3) is 0.429. The smallest absolute Gasteiger partial charge is 0.160 e. The molecule has 0 fully saturated rings. The summed E-state index contributed by atoms with van der Waals surface area (Å²) in [6.45, 7) is 7.29. The summed E-state index contributed by atoms with van der Waals surface area (Å²) >= 11 is 0. The van der Waals surface area contributed by atoms with E-state index in [1.807, 2.05) is 12.1 Å². The van der Waals surface area contributed by atoms with Crippen molar-refractivity contribution in [3.8, 4) is 11.5 Å². The van der Waals surface area contributed by atoms with Crippen molar-refractivity contribution in [3.05, 3.63) is 59.2 Å². The summed E-state index contributed by atoms with van der Waals surface area (Å²) in [7, 11) is 3.30. The number of benzene rings is 2. The van der Waals surface area contributed by atoms with E-state index in [4.69, 9.17) is 15.2 Å². The molecule has 3 heteroatoms. The summed E-state index contributed by atoms with van der Waals surface area (Å²) in [4.78, 5) is 0. The minimum atomic E-state index is 0.176. The van der Waals surface area contributed by atoms with Crippen LogP contribution in [0.2, 0.25) is 0 Å². The van der Waals surface area contributed by atoms with Crippen LogP contribution in [0.3, 0.4) is 0 Å². The minimum absolute atomic E-state index is 0.176. The maximum Gasteiger partial charge on any atom is 0.160 e. The maximum atomic E-state index is 6.04. The van der Waals surface area contributed by atoms with Crippen molar-refractivity contribution in [1.82, 2.24) is 0 Å². The quantitative estimate of drug-likeness (QED) is 0.861. The highest BCUT2D eigenvalue weighted by atomic mass is 16.5. The molecule has 1 atom stereocenters. The molecule has 2 N–H and O–H groups in total. The molecule has 0 saturated heterocycles. The molecule has 0 heterocycles. The molecule has 0 aliphatic heterocycles. The Morgan fingerprint density at radius 1 is 0.917 bits per heavy atom. The SMILES string of the molecule is COc1ccc(C(CN)Cc2ccc(C(C)(C)C)cc2)cc1OC. The predicted octanol–water partition coefficient (Wildman–Crippen LogP) is 4.29. The molecule has 0 saturated carbocycles. The Kier molecular flexibility index (Phi) is 5.89. The van der Waals surface area contributed by atoms with E-state index < -0.39 is 0 Å². The van der Waals surface area contributed by atoms with Gasteiger partial charge in [0.2, 0.25) is 0 Å². The van der Waals surface area contributed by atoms with Crippen LogP contribution in [0.1, 0.15) is 43.4 Å². The first-order valence-electron chi connectivity index (χ1n) is 8.40. The van der Waals surface area contributed by atoms with Gasteiger partial charge in [-0.15, -0.1) is 0 Å². The molecule has 0 aliphatic rings. The van der Waals surface area contributed by atoms with Crippen molar-refractivity contribution in [1.29, 1.82) is 0 Å². The van der Waals surface area contributed by atoms with Crippen LogP contribution < -0.4 is 15.2 Å². The Morgan fingerprint density at radius 3 is 2.04 bits per heavy atom. The van der Waals surface area contributed by atoms with Crippen molar-refractivity contribution in [2.24, 2.45) is 5.73 Å². The number of nitrogens with two attached hydrogens (primary N) is 1. The number of rotatable bonds is 6. The monoisotopic (exact) mass is 327 g/mol. The lowest BCUT2D eigenvalue weighted by molar-refractivity contribution is 0.354. The molecule has 0 radical (unpaired) electrons. The Bertz CT molecular complexity index is 657. The van der Waals surface area contributed by atoms with Crippen LogP contribution in [0.15, 0.2) is 42.5 Å². The second-order valence-electron chi connectivity index (χ2n) is 7.20. The van der Waals surface area contributed by atoms with Crippen molar-refractivity contribution in [3.63, 3.8) is 0 Å². The molecule has 0 aliphatic carbocycles. The first kappa shape index (κ1) is 18.3. The third kappa shape index (κ3) is 4.30. The summed E-state index contributed by atoms with van der Waals surface area (Å²) < 4.78 is 10.7. The van der Waals surface area contributed by atoms with Gasteiger partial charge in [-0.25, -0.2) is 0 Å². The molecule has 0 spiro atoms. The Morgan fingerprint density at radius 2 is 1.54 bits per heavy atom. The van der Waals surface area contributed by atoms with Gasteiger partial charge in [-0.3, -0.25) is 0 Å². The van der Waals surface area contributed by atoms with Gasteiger partial charge in [-0.1, -0.05) is 51.1 Å². The van der Waals surface area contributed by atoms with E-state index in [2.05, 4.69) is 51.1 Å². The van der Waals surface area contributed by atoms with Gasteiger partial charge in [0.1, 0.15) is 0 Å². The largest absolute Gasteiger partial charge is 0.493 e. The molecule has 2 aromatic rings. The van der Waals surface area contributed by atoms with Crippen LogP contribution in [0, 0.1) is 0 Å². The van der Waals surface area contributed by atoms with Crippen molar-refractivity contribution in [2.75, 3.05) is 20.8 Å². The predicted molar refractivity (Wildman–Crippen MR) is 100 cm³/mol. The van der Waals surface area contributed by atoms with E-state index in [0.717, 1.165) is 17.9 Å². The normalized spacial score (nSPS) is 12.8. The highest BCUT2D eigenvalue weighted by Crippen LogP contribution is 2.32. The molecular weight excluding hydrogens is 298 g/mol. The number of hydrogen-bond acceptors (Lipinski definition) is 3. The van der Waals surface area contributed by atoms with Gasteiger partial charge < -0.3 is 15.2 Å². The summed E-state index contributed by atoms with van der Waals surface area (Å²) in [6, 6.07) is 14.9. The zero-order chi connectivity index (χ0) is 17.7. The molecule has 2 aromatic carbocycles. The zero-order valence-corrected chi connectivity index (χ0v) is 15.4. The van der Waals surface area contributed by atoms with E-state index in [0.29, 0.717) is 6.54 Å². The molecule has 24 heavy (non-hydrogen) atoms. The van der Waals surface area contributed by atoms with Gasteiger partial charge in [0.25, 0.3) is 0 Å². The highest BCUT2D eigenvalue weighted by molar-refractivity contribution is 5.44. The Balaban J connectivity index is 2.20. The molecule has 0 aromatic heterocycles. The van der Waals surface area contributed by atoms with Gasteiger partial charge in [0.15, 0.2) is 11.5 Å². The topological polar surface area (TPSA) is 44.5 Å². The molecular formula is C21H29NO2. The van der Waals surface area contributed by atoms with Crippen LogP contribution in [-0.2, 0) is 11.8 Å². The highest BCUT2D eigenvalue weighted by Gasteiger charge is 2.16. The molecule has 2 rings (SSSR count). The van der Waals surface area contributed by atoms with Crippen molar-refractivity contribution in [2.45, 2.75) is 38.5 Å². The Hall–Kier alpha value is -2.00. The van der Waals surface area contributed by atoms with Crippen LogP contribution in [-0.4, -0.2) is 20.8 Å². The first-order valence-corrected chi connectivity index (χ1v) is 8.40. The van der Waals surface area contributed by atoms with E-state index in [1.54, 1.807) is 14.2 Å². The average Bonchev–Trinajstić information content (AvgIpc) is 2.58. The van der Waals surface area contributed by atoms with Crippen LogP contribution in [0.25, 0.3) is 0 Å². The van der Waals surface area contributed by atoms with Gasteiger partial charge in [-0.05, 0) is 47.2 Å². The van der Waals surface area contributed by atoms with Crippen LogP contribution >= 0.6 is 0 Å². The van der Waals surface area contributed by atoms with E-state index in [-0.39, 0.29) is 11.3 Å². The van der Waals surface area contributed by atoms with Gasteiger partial charge in [0, 0.05) is 5.92 Å². The first-order chi connectivity index (χ1) is 11.4. The number of hydrogen-bond donors (Lipinski definition) is 1. The minimum Gasteiger partial charge on any atom is -0.493 e. The molecule has 0 bridgehead atoms. The molecule has 3 nitrogen and oxygen atoms in total. The van der Waals surface area contributed by atoms with Gasteiger partial charge in [0.05, 0.1) is 14.2 Å². The third-order valence-electron chi connectivity index (χ3n) is 4.47. The van der Waals surface area contributed by atoms with E-state index in [9.17, 15) is 0 Å². The average molecular weight is 327 g/mol. The third-order valence-corrected chi connectivity index (χ3v) is 4.47. The zero-order valence-electron chi connectivity index (χ0n) is 15.4. The van der Waals surface area contributed by atoms with Crippen LogP contribution in [0.4, 0.5) is 0 Å². The standard InChI is InChI=1S/C21H29NO2/c1-21(2,3)18-9-6-15(7-10-18)12-17(14-22)16-8-11-19(23-4)20(13-16)24-5/h6-11,13,17H,12,14,22H2,1-5H3. The van der Waals surface area contributed by atoms with Crippen molar-refractivity contribution < 1.29 is 9.47 Å². The lowest BCUT2D eigenvalue weighted by Crippen LogP contribution is -2.16. The number of ether oxygens (including phenoxy) is 2. The lowest BCUT2D eigenvalue weighted by atomic mass is 9.85. The summed E-state index contributed by atoms with van der Waals surface area (Å²) in [6.07, 6.45) is 0.913. The van der Waals surface area contributed by atoms with Crippen LogP contribution in [0.5, 0.6) is 11.5 Å². The number of methoxy groups -OCH3 is 2. The Labute approximate surface area is 145 Å². The molecule has 0 amide bonds. The van der Waals surface area contributed by atoms with Gasteiger partial charge in [-0.2, -0.15) is 0 Å².